The quantitative estimate of drug-likeness (QED) is 0.0407. The number of hydrogen-bond acceptors (Lipinski definition) is 11. The molecule has 2 aliphatic heterocycles. The first-order valence-electron chi connectivity index (χ1n) is 20.1. The molecule has 2 aliphatic rings. The predicted molar refractivity (Wildman–Crippen MR) is 219 cm³/mol. The molecule has 320 valence electrons. The van der Waals surface area contributed by atoms with Crippen molar-refractivity contribution in [2.75, 3.05) is 51.8 Å². The summed E-state index contributed by atoms with van der Waals surface area (Å²) in [6.07, 6.45) is 15.7. The van der Waals surface area contributed by atoms with Crippen LogP contribution in [0, 0.1) is 6.92 Å². The molecule has 0 bridgehead atoms. The van der Waals surface area contributed by atoms with Crippen molar-refractivity contribution in [2.45, 2.75) is 150 Å². The Balaban J connectivity index is 0.000000485. The van der Waals surface area contributed by atoms with E-state index in [1.54, 1.807) is 0 Å². The maximum Gasteiger partial charge on any atom is 0.348 e. The van der Waals surface area contributed by atoms with Gasteiger partial charge in [-0.2, -0.15) is 0 Å². The van der Waals surface area contributed by atoms with Gasteiger partial charge in [0.15, 0.2) is 5.90 Å². The van der Waals surface area contributed by atoms with Crippen molar-refractivity contribution in [3.05, 3.63) is 43.0 Å². The molecular formula is C35H70N7O10P3. The van der Waals surface area contributed by atoms with E-state index in [4.69, 9.17) is 14.8 Å². The summed E-state index contributed by atoms with van der Waals surface area (Å²) in [5.41, 5.74) is 7.74. The minimum Gasteiger partial charge on any atom is -0.352 e. The van der Waals surface area contributed by atoms with E-state index in [9.17, 15) is 28.5 Å². The lowest BCUT2D eigenvalue weighted by Crippen LogP contribution is -2.33. The van der Waals surface area contributed by atoms with Gasteiger partial charge in [0.2, 0.25) is 0 Å². The number of ether oxygens (including phenoxy) is 1. The normalized spacial score (nSPS) is 24.9. The first-order chi connectivity index (χ1) is 26.2. The van der Waals surface area contributed by atoms with Gasteiger partial charge in [0.25, 0.3) is 5.56 Å². The lowest BCUT2D eigenvalue weighted by atomic mass is 10.1. The zero-order valence-corrected chi connectivity index (χ0v) is 37.0. The molecule has 3 rings (SSSR count). The largest absolute Gasteiger partial charge is 0.352 e. The fraction of sp³-hybridized carbons (Fsp3) is 0.886. The highest BCUT2D eigenvalue weighted by Gasteiger charge is 2.47. The van der Waals surface area contributed by atoms with Gasteiger partial charge in [-0.3, -0.25) is 23.5 Å². The predicted octanol–water partition coefficient (Wildman–Crippen LogP) is 8.81. The molecule has 3 N–H and O–H groups in total. The highest BCUT2D eigenvalue weighted by molar-refractivity contribution is 7.79. The van der Waals surface area contributed by atoms with Gasteiger partial charge in [0, 0.05) is 23.1 Å². The maximum absolute atomic E-state index is 12.0. The second kappa shape index (κ2) is 28.9. The third kappa shape index (κ3) is 21.8. The SMILES string of the molecule is CCCCN(CCCC)CCCC.CCCCN(CCCC)CCCC.Cc1cn([C@H]2C[C@H](N=[N+]=[N-])[C@@H](COP3OP(=O)(O)CP(=O)(O)O3)O2)c(=O)[nH]c1=O. The third-order valence-corrected chi connectivity index (χ3v) is 15.2. The number of aromatic nitrogens is 2. The first kappa shape index (κ1) is 51.6. The number of aryl methyl sites for hydroxylation is 1. The summed E-state index contributed by atoms with van der Waals surface area (Å²) in [5.74, 6) is -1.06. The van der Waals surface area contributed by atoms with Crippen LogP contribution >= 0.6 is 23.8 Å². The van der Waals surface area contributed by atoms with E-state index in [1.165, 1.54) is 129 Å². The van der Waals surface area contributed by atoms with Crippen LogP contribution in [0.15, 0.2) is 20.9 Å². The molecule has 5 atom stereocenters. The Morgan fingerprint density at radius 2 is 1.27 bits per heavy atom. The first-order valence-corrected chi connectivity index (χ1v) is 24.7. The van der Waals surface area contributed by atoms with E-state index in [0.717, 1.165) is 4.57 Å². The molecule has 0 aromatic carbocycles. The van der Waals surface area contributed by atoms with E-state index < -0.39 is 59.3 Å². The minimum atomic E-state index is -4.37. The van der Waals surface area contributed by atoms with Crippen LogP contribution < -0.4 is 11.2 Å². The molecular weight excluding hydrogens is 771 g/mol. The number of aromatic amines is 1. The van der Waals surface area contributed by atoms with Gasteiger partial charge in [-0.05, 0) is 90.2 Å². The van der Waals surface area contributed by atoms with Crippen molar-refractivity contribution in [3.63, 3.8) is 0 Å². The van der Waals surface area contributed by atoms with Crippen LogP contribution in [-0.4, -0.2) is 93.1 Å². The van der Waals surface area contributed by atoms with Crippen LogP contribution in [0.5, 0.6) is 0 Å². The standard InChI is InChI=1S/2C12H27N.C11H16N5O10P3/c2*1-4-7-10-13(11-8-5-2)12-9-6-3;1-6-3-16(11(18)13-10(6)17)9-2-7(14-15-12)8(24-9)4-23-27-25-28(19,20)5-29(21,22)26-27/h2*4-12H2,1-3H3;3,7-9H,2,4-5H2,1H3,(H,19,20)(H,21,22)(H,13,17,18)/t;;7-,8+,9+/m..0/s1. The highest BCUT2D eigenvalue weighted by Crippen LogP contribution is 2.75. The van der Waals surface area contributed by atoms with Crippen molar-refractivity contribution in [1.29, 1.82) is 0 Å². The monoisotopic (exact) mass is 841 g/mol. The van der Waals surface area contributed by atoms with Gasteiger partial charge in [0.1, 0.15) is 6.23 Å². The average molecular weight is 842 g/mol. The van der Waals surface area contributed by atoms with E-state index in [-0.39, 0.29) is 18.6 Å². The van der Waals surface area contributed by atoms with Crippen LogP contribution in [0.1, 0.15) is 137 Å². The van der Waals surface area contributed by atoms with E-state index in [0.29, 0.717) is 0 Å². The molecule has 55 heavy (non-hydrogen) atoms. The fourth-order valence-electron chi connectivity index (χ4n) is 5.67. The number of H-pyrrole nitrogens is 1. The molecule has 1 aromatic heterocycles. The summed E-state index contributed by atoms with van der Waals surface area (Å²) in [6.45, 7) is 22.7. The molecule has 2 unspecified atom stereocenters. The Kier molecular flexibility index (Phi) is 27.1. The Morgan fingerprint density at radius 3 is 1.65 bits per heavy atom. The number of azide groups is 1. The molecule has 17 nitrogen and oxygen atoms in total. The molecule has 2 saturated heterocycles. The van der Waals surface area contributed by atoms with E-state index >= 15 is 0 Å². The Hall–Kier alpha value is -1.44. The number of unbranched alkanes of at least 4 members (excludes halogenated alkanes) is 6. The summed E-state index contributed by atoms with van der Waals surface area (Å²) in [4.78, 5) is 52.6. The minimum absolute atomic E-state index is 0.0695. The highest BCUT2D eigenvalue weighted by atomic mass is 31.3. The number of rotatable bonds is 23. The van der Waals surface area contributed by atoms with Crippen LogP contribution in [0.3, 0.4) is 0 Å². The van der Waals surface area contributed by atoms with Crippen molar-refractivity contribution in [3.8, 4) is 0 Å². The summed E-state index contributed by atoms with van der Waals surface area (Å²) in [6, 6.07) is -0.800. The molecule has 0 aliphatic carbocycles. The fourth-order valence-corrected chi connectivity index (χ4v) is 11.5. The van der Waals surface area contributed by atoms with Crippen LogP contribution in [-0.2, 0) is 27.0 Å². The Bertz CT molecular complexity index is 1380. The molecule has 0 saturated carbocycles. The Morgan fingerprint density at radius 1 is 0.855 bits per heavy atom. The number of hydrogen-bond donors (Lipinski definition) is 3. The van der Waals surface area contributed by atoms with Gasteiger partial charge < -0.3 is 28.8 Å². The Labute approximate surface area is 329 Å². The maximum atomic E-state index is 12.0. The second-order valence-corrected chi connectivity index (χ2v) is 19.7. The van der Waals surface area contributed by atoms with Gasteiger partial charge in [-0.15, -0.1) is 0 Å². The van der Waals surface area contributed by atoms with E-state index in [1.807, 2.05) is 0 Å². The van der Waals surface area contributed by atoms with Gasteiger partial charge >= 0.3 is 29.5 Å². The summed E-state index contributed by atoms with van der Waals surface area (Å²) in [7, 11) is -11.4. The lowest BCUT2D eigenvalue weighted by Gasteiger charge is -2.28. The summed E-state index contributed by atoms with van der Waals surface area (Å²) < 4.78 is 44.6. The van der Waals surface area contributed by atoms with Crippen molar-refractivity contribution >= 4 is 23.8 Å². The van der Waals surface area contributed by atoms with Crippen LogP contribution in [0.4, 0.5) is 0 Å². The molecule has 0 radical (unpaired) electrons. The zero-order chi connectivity index (χ0) is 41.3. The van der Waals surface area contributed by atoms with Crippen LogP contribution in [0.2, 0.25) is 0 Å². The second-order valence-electron chi connectivity index (χ2n) is 14.0. The smallest absolute Gasteiger partial charge is 0.348 e. The summed E-state index contributed by atoms with van der Waals surface area (Å²) in [5, 5.41) is 3.58. The van der Waals surface area contributed by atoms with E-state index in [2.05, 4.69) is 75.0 Å². The number of nitrogens with one attached hydrogen (secondary N) is 1. The average Bonchev–Trinajstić information content (AvgIpc) is 3.53. The van der Waals surface area contributed by atoms with Crippen molar-refractivity contribution < 1.29 is 36.8 Å². The number of nitrogens with zero attached hydrogens (tertiary/aromatic N) is 6. The third-order valence-electron chi connectivity index (χ3n) is 8.92. The topological polar surface area (TPSA) is 222 Å². The molecule has 0 amide bonds. The zero-order valence-electron chi connectivity index (χ0n) is 34.3. The molecule has 3 heterocycles. The lowest BCUT2D eigenvalue weighted by molar-refractivity contribution is -0.0238. The molecule has 0 spiro atoms. The summed E-state index contributed by atoms with van der Waals surface area (Å²) >= 11 is 0. The van der Waals surface area contributed by atoms with Gasteiger partial charge in [-0.25, -0.2) is 13.4 Å². The van der Waals surface area contributed by atoms with Crippen molar-refractivity contribution in [1.82, 2.24) is 19.4 Å². The molecule has 2 fully saturated rings. The van der Waals surface area contributed by atoms with Crippen molar-refractivity contribution in [2.24, 2.45) is 5.11 Å². The van der Waals surface area contributed by atoms with Gasteiger partial charge in [-0.1, -0.05) is 85.2 Å². The van der Waals surface area contributed by atoms with Gasteiger partial charge in [0.05, 0.1) is 18.8 Å². The van der Waals surface area contributed by atoms with Crippen LogP contribution in [0.25, 0.3) is 10.4 Å². The molecule has 1 aromatic rings. The molecule has 20 heteroatoms.